The molecule has 0 aliphatic rings. The predicted molar refractivity (Wildman–Crippen MR) is 146 cm³/mol. The molecule has 0 aliphatic heterocycles. The summed E-state index contributed by atoms with van der Waals surface area (Å²) in [4.78, 5) is 25.1. The van der Waals surface area contributed by atoms with Crippen LogP contribution < -0.4 is 5.56 Å². The number of benzene rings is 1. The summed E-state index contributed by atoms with van der Waals surface area (Å²) in [6, 6.07) is 13.6. The Kier molecular flexibility index (Phi) is 8.40. The number of aromatic nitrogens is 4. The van der Waals surface area contributed by atoms with E-state index < -0.39 is 43.2 Å². The molecule has 0 saturated carbocycles. The highest BCUT2D eigenvalue weighted by Crippen LogP contribution is 2.30. The Morgan fingerprint density at radius 3 is 2.52 bits per heavy atom. The number of pyridine rings is 2. The van der Waals surface area contributed by atoms with E-state index in [1.165, 1.54) is 35.0 Å². The fourth-order valence-corrected chi connectivity index (χ4v) is 5.90. The first-order valence-electron chi connectivity index (χ1n) is 12.8. The van der Waals surface area contributed by atoms with Gasteiger partial charge in [0.05, 0.1) is 17.7 Å². The monoisotopic (exact) mass is 561 g/mol. The topological polar surface area (TPSA) is 139 Å². The zero-order valence-electron chi connectivity index (χ0n) is 22.3. The van der Waals surface area contributed by atoms with E-state index in [-0.39, 0.29) is 5.82 Å². The van der Waals surface area contributed by atoms with Gasteiger partial charge in [0.25, 0.3) is 5.56 Å². The first kappa shape index (κ1) is 28.6. The summed E-state index contributed by atoms with van der Waals surface area (Å²) in [5, 5.41) is 19.7. The third-order valence-electron chi connectivity index (χ3n) is 6.63. The van der Waals surface area contributed by atoms with Crippen molar-refractivity contribution >= 4 is 9.84 Å². The van der Waals surface area contributed by atoms with Gasteiger partial charge in [-0.25, -0.2) is 18.4 Å². The van der Waals surface area contributed by atoms with Crippen LogP contribution in [-0.4, -0.2) is 33.0 Å². The lowest BCUT2D eigenvalue weighted by Crippen LogP contribution is -2.33. The lowest BCUT2D eigenvalue weighted by molar-refractivity contribution is 0.406. The molecule has 9 nitrogen and oxygen atoms in total. The minimum Gasteiger partial charge on any atom is -0.492 e. The minimum absolute atomic E-state index is 0.250. The smallest absolute Gasteiger partial charge is 0.277 e. The standard InChI is InChI=1S/C29H28FN5O4S/c1-4-6-10-25-34-28(36)27(29(37)35(25)23(5-2)20-9-7-8-19(15-20)16-31)40(38,39)26-14-11-21(17-32-26)22-12-13-24(30)33-18(22)3/h7-9,11-15,17,23,36H,4-6,10H2,1-3H3. The highest BCUT2D eigenvalue weighted by atomic mass is 32.2. The first-order chi connectivity index (χ1) is 19.1. The number of halogens is 1. The van der Waals surface area contributed by atoms with Crippen molar-refractivity contribution in [1.82, 2.24) is 19.5 Å². The van der Waals surface area contributed by atoms with Crippen LogP contribution in [0.2, 0.25) is 0 Å². The van der Waals surface area contributed by atoms with Gasteiger partial charge in [0, 0.05) is 29.4 Å². The summed E-state index contributed by atoms with van der Waals surface area (Å²) in [6.45, 7) is 5.42. The fraction of sp³-hybridized carbons (Fsp3) is 0.276. The van der Waals surface area contributed by atoms with E-state index in [0.717, 1.165) is 6.42 Å². The van der Waals surface area contributed by atoms with Crippen molar-refractivity contribution in [2.75, 3.05) is 0 Å². The molecule has 0 fully saturated rings. The molecular weight excluding hydrogens is 533 g/mol. The van der Waals surface area contributed by atoms with Crippen molar-refractivity contribution in [3.05, 3.63) is 93.7 Å². The molecule has 11 heteroatoms. The highest BCUT2D eigenvalue weighted by Gasteiger charge is 2.32. The van der Waals surface area contributed by atoms with E-state index in [9.17, 15) is 28.0 Å². The van der Waals surface area contributed by atoms with Crippen LogP contribution in [0.3, 0.4) is 0 Å². The van der Waals surface area contributed by atoms with Gasteiger partial charge in [0.15, 0.2) is 5.03 Å². The molecule has 0 saturated heterocycles. The van der Waals surface area contributed by atoms with Crippen molar-refractivity contribution in [2.24, 2.45) is 0 Å². The van der Waals surface area contributed by atoms with Gasteiger partial charge >= 0.3 is 0 Å². The minimum atomic E-state index is -4.60. The molecule has 40 heavy (non-hydrogen) atoms. The van der Waals surface area contributed by atoms with Gasteiger partial charge in [0.2, 0.25) is 26.6 Å². The van der Waals surface area contributed by atoms with Crippen LogP contribution in [0.25, 0.3) is 11.1 Å². The van der Waals surface area contributed by atoms with Crippen LogP contribution in [0.1, 0.15) is 61.8 Å². The van der Waals surface area contributed by atoms with Crippen molar-refractivity contribution in [2.45, 2.75) is 62.4 Å². The summed E-state index contributed by atoms with van der Waals surface area (Å²) in [5.41, 5.74) is 1.59. The average Bonchev–Trinajstić information content (AvgIpc) is 2.93. The second kappa shape index (κ2) is 11.8. The van der Waals surface area contributed by atoms with Gasteiger partial charge in [-0.1, -0.05) is 32.4 Å². The number of hydrogen-bond donors (Lipinski definition) is 1. The zero-order valence-corrected chi connectivity index (χ0v) is 23.1. The number of sulfone groups is 1. The summed E-state index contributed by atoms with van der Waals surface area (Å²) < 4.78 is 42.1. The lowest BCUT2D eigenvalue weighted by atomic mass is 10.0. The summed E-state index contributed by atoms with van der Waals surface area (Å²) >= 11 is 0. The van der Waals surface area contributed by atoms with E-state index in [4.69, 9.17) is 0 Å². The second-order valence-electron chi connectivity index (χ2n) is 9.28. The molecule has 3 aromatic heterocycles. The number of hydrogen-bond acceptors (Lipinski definition) is 8. The largest absolute Gasteiger partial charge is 0.492 e. The van der Waals surface area contributed by atoms with E-state index in [2.05, 4.69) is 21.0 Å². The van der Waals surface area contributed by atoms with Gasteiger partial charge in [-0.05, 0) is 61.7 Å². The van der Waals surface area contributed by atoms with Gasteiger partial charge < -0.3 is 5.11 Å². The lowest BCUT2D eigenvalue weighted by Gasteiger charge is -2.23. The maximum absolute atomic E-state index is 13.9. The SMILES string of the molecule is CCCCc1nc(O)c(S(=O)(=O)c2ccc(-c3ccc(F)nc3C)cn2)c(=O)n1C(CC)c1cccc(C#N)c1. The molecule has 3 heterocycles. The van der Waals surface area contributed by atoms with E-state index >= 15 is 0 Å². The molecule has 1 unspecified atom stereocenters. The van der Waals surface area contributed by atoms with Crippen LogP contribution in [-0.2, 0) is 16.3 Å². The quantitative estimate of drug-likeness (QED) is 0.285. The second-order valence-corrected chi connectivity index (χ2v) is 11.1. The summed E-state index contributed by atoms with van der Waals surface area (Å²) in [7, 11) is -4.60. The van der Waals surface area contributed by atoms with Gasteiger partial charge in [-0.2, -0.15) is 14.6 Å². The third kappa shape index (κ3) is 5.49. The number of unbranched alkanes of at least 4 members (excludes halogenated alkanes) is 1. The van der Waals surface area contributed by atoms with Crippen LogP contribution >= 0.6 is 0 Å². The highest BCUT2D eigenvalue weighted by molar-refractivity contribution is 7.91. The zero-order chi connectivity index (χ0) is 29.0. The van der Waals surface area contributed by atoms with Gasteiger partial charge in [-0.3, -0.25) is 9.36 Å². The molecule has 206 valence electrons. The number of rotatable bonds is 9. The summed E-state index contributed by atoms with van der Waals surface area (Å²) in [6.07, 6.45) is 3.48. The van der Waals surface area contributed by atoms with Crippen molar-refractivity contribution in [3.8, 4) is 23.1 Å². The third-order valence-corrected chi connectivity index (χ3v) is 8.31. The molecule has 4 aromatic rings. The maximum atomic E-state index is 13.9. The van der Waals surface area contributed by atoms with E-state index in [1.54, 1.807) is 31.2 Å². The Morgan fingerprint density at radius 2 is 1.90 bits per heavy atom. The van der Waals surface area contributed by atoms with Crippen molar-refractivity contribution < 1.29 is 17.9 Å². The van der Waals surface area contributed by atoms with Crippen LogP contribution in [0.15, 0.2) is 69.4 Å². The van der Waals surface area contributed by atoms with Gasteiger partial charge in [-0.15, -0.1) is 0 Å². The van der Waals surface area contributed by atoms with Gasteiger partial charge in [0.1, 0.15) is 5.82 Å². The molecule has 1 aromatic carbocycles. The van der Waals surface area contributed by atoms with Crippen LogP contribution in [0, 0.1) is 24.2 Å². The predicted octanol–water partition coefficient (Wildman–Crippen LogP) is 4.90. The molecule has 0 bridgehead atoms. The Morgan fingerprint density at radius 1 is 1.12 bits per heavy atom. The molecule has 4 rings (SSSR count). The number of aryl methyl sites for hydroxylation is 2. The number of aromatic hydroxyl groups is 1. The van der Waals surface area contributed by atoms with E-state index in [0.29, 0.717) is 47.2 Å². The first-order valence-corrected chi connectivity index (χ1v) is 14.3. The van der Waals surface area contributed by atoms with Crippen LogP contribution in [0.5, 0.6) is 5.88 Å². The van der Waals surface area contributed by atoms with E-state index in [1.807, 2.05) is 13.8 Å². The number of nitrogens with zero attached hydrogens (tertiary/aromatic N) is 5. The molecular formula is C29H28FN5O4S. The molecule has 0 aliphatic carbocycles. The fourth-order valence-electron chi connectivity index (χ4n) is 4.64. The van der Waals surface area contributed by atoms with Crippen molar-refractivity contribution in [1.29, 1.82) is 5.26 Å². The van der Waals surface area contributed by atoms with Crippen LogP contribution in [0.4, 0.5) is 4.39 Å². The number of nitriles is 1. The van der Waals surface area contributed by atoms with Crippen molar-refractivity contribution in [3.63, 3.8) is 0 Å². The molecule has 0 radical (unpaired) electrons. The normalized spacial score (nSPS) is 12.2. The Hall–Kier alpha value is -4.43. The average molecular weight is 562 g/mol. The molecule has 1 atom stereocenters. The molecule has 0 amide bonds. The Labute approximate surface area is 231 Å². The molecule has 1 N–H and O–H groups in total. The Bertz CT molecular complexity index is 1760. The Balaban J connectivity index is 1.87. The summed E-state index contributed by atoms with van der Waals surface area (Å²) in [5.74, 6) is -1.28. The maximum Gasteiger partial charge on any atom is 0.277 e. The molecule has 0 spiro atoms.